The van der Waals surface area contributed by atoms with Crippen molar-refractivity contribution in [2.45, 2.75) is 52.6 Å². The zero-order valence-electron chi connectivity index (χ0n) is 17.3. The molecule has 1 aromatic carbocycles. The molecular weight excluding hydrogens is 340 g/mol. The number of carbonyl (C=O) groups excluding carboxylic acids is 2. The summed E-state index contributed by atoms with van der Waals surface area (Å²) in [6.45, 7) is 13.6. The molecular formula is C21H34N4O2. The lowest BCUT2D eigenvalue weighted by Gasteiger charge is -2.37. The summed E-state index contributed by atoms with van der Waals surface area (Å²) >= 11 is 0. The molecule has 1 aromatic rings. The van der Waals surface area contributed by atoms with Crippen molar-refractivity contribution < 1.29 is 9.59 Å². The SMILES string of the molecule is CCc1ccc(NC(=O)[C@@H](C)N2CCN(CC(=O)NC(C)(C)C)CC2)cc1. The van der Waals surface area contributed by atoms with Gasteiger partial charge < -0.3 is 10.6 Å². The number of hydrogen-bond acceptors (Lipinski definition) is 4. The molecule has 0 radical (unpaired) electrons. The second-order valence-corrected chi connectivity index (χ2v) is 8.33. The lowest BCUT2D eigenvalue weighted by atomic mass is 10.1. The summed E-state index contributed by atoms with van der Waals surface area (Å²) in [4.78, 5) is 28.9. The minimum atomic E-state index is -0.208. The van der Waals surface area contributed by atoms with Gasteiger partial charge >= 0.3 is 0 Å². The molecule has 27 heavy (non-hydrogen) atoms. The van der Waals surface area contributed by atoms with Crippen molar-refractivity contribution in [1.29, 1.82) is 0 Å². The van der Waals surface area contributed by atoms with Crippen LogP contribution in [0.15, 0.2) is 24.3 Å². The molecule has 1 atom stereocenters. The molecule has 1 aliphatic heterocycles. The monoisotopic (exact) mass is 374 g/mol. The van der Waals surface area contributed by atoms with E-state index in [0.717, 1.165) is 38.3 Å². The first-order valence-corrected chi connectivity index (χ1v) is 9.85. The summed E-state index contributed by atoms with van der Waals surface area (Å²) in [5.41, 5.74) is 1.88. The highest BCUT2D eigenvalue weighted by molar-refractivity contribution is 5.94. The van der Waals surface area contributed by atoms with Crippen LogP contribution in [0.5, 0.6) is 0 Å². The van der Waals surface area contributed by atoms with Crippen LogP contribution < -0.4 is 10.6 Å². The Balaban J connectivity index is 1.78. The maximum Gasteiger partial charge on any atom is 0.241 e. The molecule has 0 unspecified atom stereocenters. The summed E-state index contributed by atoms with van der Waals surface area (Å²) < 4.78 is 0. The van der Waals surface area contributed by atoms with Gasteiger partial charge in [-0.25, -0.2) is 0 Å². The fraction of sp³-hybridized carbons (Fsp3) is 0.619. The molecule has 2 amide bonds. The van der Waals surface area contributed by atoms with Gasteiger partial charge in [0.05, 0.1) is 12.6 Å². The molecule has 6 heteroatoms. The van der Waals surface area contributed by atoms with Gasteiger partial charge in [-0.2, -0.15) is 0 Å². The smallest absolute Gasteiger partial charge is 0.241 e. The third-order valence-electron chi connectivity index (χ3n) is 4.85. The van der Waals surface area contributed by atoms with Crippen LogP contribution in [-0.2, 0) is 16.0 Å². The maximum absolute atomic E-state index is 12.6. The molecule has 150 valence electrons. The highest BCUT2D eigenvalue weighted by Gasteiger charge is 2.27. The van der Waals surface area contributed by atoms with Crippen LogP contribution in [-0.4, -0.2) is 65.9 Å². The van der Waals surface area contributed by atoms with Crippen LogP contribution in [0.4, 0.5) is 5.69 Å². The van der Waals surface area contributed by atoms with E-state index in [1.165, 1.54) is 5.56 Å². The Hall–Kier alpha value is -1.92. The molecule has 2 rings (SSSR count). The van der Waals surface area contributed by atoms with Gasteiger partial charge in [-0.3, -0.25) is 19.4 Å². The van der Waals surface area contributed by atoms with Gasteiger partial charge in [-0.1, -0.05) is 19.1 Å². The van der Waals surface area contributed by atoms with Crippen molar-refractivity contribution in [3.63, 3.8) is 0 Å². The first-order valence-electron chi connectivity index (χ1n) is 9.85. The zero-order chi connectivity index (χ0) is 20.0. The standard InChI is InChI=1S/C21H34N4O2/c1-6-17-7-9-18(10-8-17)22-20(27)16(2)25-13-11-24(12-14-25)15-19(26)23-21(3,4)5/h7-10,16H,6,11-15H2,1-5H3,(H,22,27)(H,23,26)/t16-/m1/s1. The van der Waals surface area contributed by atoms with E-state index in [2.05, 4.69) is 27.4 Å². The summed E-state index contributed by atoms with van der Waals surface area (Å²) in [6.07, 6.45) is 0.989. The lowest BCUT2D eigenvalue weighted by molar-refractivity contribution is -0.125. The lowest BCUT2D eigenvalue weighted by Crippen LogP contribution is -2.55. The summed E-state index contributed by atoms with van der Waals surface area (Å²) in [6, 6.07) is 7.80. The highest BCUT2D eigenvalue weighted by atomic mass is 16.2. The fourth-order valence-electron chi connectivity index (χ4n) is 3.21. The third-order valence-corrected chi connectivity index (χ3v) is 4.85. The topological polar surface area (TPSA) is 64.7 Å². The van der Waals surface area contributed by atoms with E-state index < -0.39 is 0 Å². The summed E-state index contributed by atoms with van der Waals surface area (Å²) in [7, 11) is 0. The molecule has 0 spiro atoms. The number of hydrogen-bond donors (Lipinski definition) is 2. The fourth-order valence-corrected chi connectivity index (χ4v) is 3.21. The van der Waals surface area contributed by atoms with E-state index in [9.17, 15) is 9.59 Å². The number of aryl methyl sites for hydroxylation is 1. The van der Waals surface area contributed by atoms with Crippen molar-refractivity contribution in [1.82, 2.24) is 15.1 Å². The molecule has 0 saturated carbocycles. The predicted molar refractivity (Wildman–Crippen MR) is 110 cm³/mol. The average Bonchev–Trinajstić information content (AvgIpc) is 2.60. The largest absolute Gasteiger partial charge is 0.350 e. The molecule has 0 bridgehead atoms. The second kappa shape index (κ2) is 9.33. The zero-order valence-corrected chi connectivity index (χ0v) is 17.3. The van der Waals surface area contributed by atoms with E-state index in [1.54, 1.807) is 0 Å². The quantitative estimate of drug-likeness (QED) is 0.800. The number of piperazine rings is 1. The Morgan fingerprint density at radius 2 is 1.67 bits per heavy atom. The summed E-state index contributed by atoms with van der Waals surface area (Å²) in [5.74, 6) is 0.0652. The normalized spacial score (nSPS) is 17.4. The van der Waals surface area contributed by atoms with Crippen molar-refractivity contribution in [3.8, 4) is 0 Å². The number of carbonyl (C=O) groups is 2. The van der Waals surface area contributed by atoms with Crippen LogP contribution in [0.1, 0.15) is 40.2 Å². The Morgan fingerprint density at radius 3 is 2.19 bits per heavy atom. The Bertz CT molecular complexity index is 629. The van der Waals surface area contributed by atoms with E-state index in [1.807, 2.05) is 52.0 Å². The molecule has 1 fully saturated rings. The molecule has 1 saturated heterocycles. The van der Waals surface area contributed by atoms with Gasteiger partial charge in [-0.05, 0) is 51.8 Å². The third kappa shape index (κ3) is 6.96. The summed E-state index contributed by atoms with van der Waals surface area (Å²) in [5, 5.41) is 6.00. The van der Waals surface area contributed by atoms with Crippen LogP contribution >= 0.6 is 0 Å². The number of anilines is 1. The van der Waals surface area contributed by atoms with Crippen LogP contribution in [0.25, 0.3) is 0 Å². The van der Waals surface area contributed by atoms with Gasteiger partial charge in [0.1, 0.15) is 0 Å². The second-order valence-electron chi connectivity index (χ2n) is 8.33. The molecule has 1 aliphatic rings. The van der Waals surface area contributed by atoms with Gasteiger partial charge in [-0.15, -0.1) is 0 Å². The maximum atomic E-state index is 12.6. The predicted octanol–water partition coefficient (Wildman–Crippen LogP) is 2.11. The van der Waals surface area contributed by atoms with E-state index >= 15 is 0 Å². The van der Waals surface area contributed by atoms with Gasteiger partial charge in [0, 0.05) is 37.4 Å². The number of nitrogens with one attached hydrogen (secondary N) is 2. The first kappa shape index (κ1) is 21.4. The van der Waals surface area contributed by atoms with E-state index in [-0.39, 0.29) is 23.4 Å². The van der Waals surface area contributed by atoms with Gasteiger partial charge in [0.25, 0.3) is 0 Å². The Kier molecular flexibility index (Phi) is 7.39. The molecule has 1 heterocycles. The van der Waals surface area contributed by atoms with Crippen molar-refractivity contribution in [2.75, 3.05) is 38.0 Å². The molecule has 6 nitrogen and oxygen atoms in total. The number of amides is 2. The van der Waals surface area contributed by atoms with Crippen molar-refractivity contribution in [2.24, 2.45) is 0 Å². The van der Waals surface area contributed by atoms with Crippen LogP contribution in [0, 0.1) is 0 Å². The van der Waals surface area contributed by atoms with Crippen LogP contribution in [0.3, 0.4) is 0 Å². The average molecular weight is 375 g/mol. The minimum Gasteiger partial charge on any atom is -0.350 e. The van der Waals surface area contributed by atoms with Crippen molar-refractivity contribution in [3.05, 3.63) is 29.8 Å². The van der Waals surface area contributed by atoms with Gasteiger partial charge in [0.2, 0.25) is 11.8 Å². The van der Waals surface area contributed by atoms with Gasteiger partial charge in [0.15, 0.2) is 0 Å². The molecule has 2 N–H and O–H groups in total. The molecule has 0 aliphatic carbocycles. The number of rotatable bonds is 6. The van der Waals surface area contributed by atoms with E-state index in [0.29, 0.717) is 6.54 Å². The first-order chi connectivity index (χ1) is 12.7. The number of benzene rings is 1. The van der Waals surface area contributed by atoms with E-state index in [4.69, 9.17) is 0 Å². The minimum absolute atomic E-state index is 0.0122. The Morgan fingerprint density at radius 1 is 1.07 bits per heavy atom. The van der Waals surface area contributed by atoms with Crippen molar-refractivity contribution >= 4 is 17.5 Å². The Labute approximate surface area is 163 Å². The number of nitrogens with zero attached hydrogens (tertiary/aromatic N) is 2. The molecule has 0 aromatic heterocycles. The van der Waals surface area contributed by atoms with Crippen LogP contribution in [0.2, 0.25) is 0 Å². The highest BCUT2D eigenvalue weighted by Crippen LogP contribution is 2.13.